The molecule has 0 radical (unpaired) electrons. The van der Waals surface area contributed by atoms with Crippen LogP contribution in [0, 0.1) is 0 Å². The van der Waals surface area contributed by atoms with Gasteiger partial charge in [-0.15, -0.1) is 0 Å². The number of benzene rings is 1. The standard InChI is InChI=1S/C12H14FNO/c1-8(15)14-12-10-5-3-2-4-9(10)6-7-11(12)13/h2-5,11-12H,6-7H2,1H3,(H,14,15). The second kappa shape index (κ2) is 4.01. The Morgan fingerprint density at radius 1 is 1.47 bits per heavy atom. The van der Waals surface area contributed by atoms with Crippen molar-refractivity contribution in [2.75, 3.05) is 0 Å². The fraction of sp³-hybridized carbons (Fsp3) is 0.417. The molecule has 15 heavy (non-hydrogen) atoms. The number of halogens is 1. The third kappa shape index (κ3) is 2.01. The topological polar surface area (TPSA) is 29.1 Å². The minimum Gasteiger partial charge on any atom is -0.347 e. The molecule has 0 bridgehead atoms. The van der Waals surface area contributed by atoms with E-state index in [1.807, 2.05) is 24.3 Å². The van der Waals surface area contributed by atoms with Gasteiger partial charge in [-0.25, -0.2) is 4.39 Å². The monoisotopic (exact) mass is 207 g/mol. The van der Waals surface area contributed by atoms with Gasteiger partial charge in [0.25, 0.3) is 0 Å². The van der Waals surface area contributed by atoms with Crippen molar-refractivity contribution in [1.82, 2.24) is 5.32 Å². The van der Waals surface area contributed by atoms with E-state index in [0.29, 0.717) is 6.42 Å². The van der Waals surface area contributed by atoms with Gasteiger partial charge in [0.05, 0.1) is 6.04 Å². The van der Waals surface area contributed by atoms with E-state index in [2.05, 4.69) is 5.32 Å². The smallest absolute Gasteiger partial charge is 0.217 e. The van der Waals surface area contributed by atoms with E-state index in [1.165, 1.54) is 6.92 Å². The molecule has 1 aromatic rings. The summed E-state index contributed by atoms with van der Waals surface area (Å²) in [4.78, 5) is 11.0. The first-order valence-corrected chi connectivity index (χ1v) is 5.17. The number of hydrogen-bond acceptors (Lipinski definition) is 1. The number of fused-ring (bicyclic) bond motifs is 1. The normalized spacial score (nSPS) is 24.4. The van der Waals surface area contributed by atoms with Crippen LogP contribution in [0.2, 0.25) is 0 Å². The van der Waals surface area contributed by atoms with Crippen LogP contribution in [0.4, 0.5) is 4.39 Å². The zero-order valence-corrected chi connectivity index (χ0v) is 8.66. The summed E-state index contributed by atoms with van der Waals surface area (Å²) in [5.41, 5.74) is 2.07. The summed E-state index contributed by atoms with van der Waals surface area (Å²) >= 11 is 0. The molecule has 1 aliphatic carbocycles. The Bertz CT molecular complexity index is 378. The highest BCUT2D eigenvalue weighted by molar-refractivity contribution is 5.73. The Balaban J connectivity index is 2.32. The highest BCUT2D eigenvalue weighted by Gasteiger charge is 2.29. The highest BCUT2D eigenvalue weighted by atomic mass is 19.1. The van der Waals surface area contributed by atoms with Crippen LogP contribution in [-0.2, 0) is 11.2 Å². The summed E-state index contributed by atoms with van der Waals surface area (Å²) in [7, 11) is 0. The molecule has 1 amide bonds. The maximum absolute atomic E-state index is 13.7. The van der Waals surface area contributed by atoms with Gasteiger partial charge in [-0.2, -0.15) is 0 Å². The lowest BCUT2D eigenvalue weighted by atomic mass is 9.86. The van der Waals surface area contributed by atoms with Gasteiger partial charge in [0.2, 0.25) is 5.91 Å². The molecular weight excluding hydrogens is 193 g/mol. The van der Waals surface area contributed by atoms with Crippen LogP contribution < -0.4 is 5.32 Å². The first-order valence-electron chi connectivity index (χ1n) is 5.17. The molecule has 80 valence electrons. The van der Waals surface area contributed by atoms with Crippen LogP contribution in [0.3, 0.4) is 0 Å². The molecule has 0 aromatic heterocycles. The number of hydrogen-bond donors (Lipinski definition) is 1. The van der Waals surface area contributed by atoms with E-state index in [4.69, 9.17) is 0 Å². The average Bonchev–Trinajstić information content (AvgIpc) is 2.22. The molecule has 3 heteroatoms. The Morgan fingerprint density at radius 3 is 2.93 bits per heavy atom. The van der Waals surface area contributed by atoms with Crippen LogP contribution >= 0.6 is 0 Å². The van der Waals surface area contributed by atoms with Gasteiger partial charge in [0.1, 0.15) is 6.17 Å². The molecule has 1 aliphatic rings. The molecule has 2 unspecified atom stereocenters. The van der Waals surface area contributed by atoms with Crippen LogP contribution in [0.25, 0.3) is 0 Å². The summed E-state index contributed by atoms with van der Waals surface area (Å²) in [5, 5.41) is 2.67. The van der Waals surface area contributed by atoms with Crippen molar-refractivity contribution in [3.63, 3.8) is 0 Å². The van der Waals surface area contributed by atoms with Gasteiger partial charge >= 0.3 is 0 Å². The van der Waals surface area contributed by atoms with Crippen molar-refractivity contribution in [3.8, 4) is 0 Å². The predicted molar refractivity (Wildman–Crippen MR) is 56.2 cm³/mol. The molecule has 0 aliphatic heterocycles. The van der Waals surface area contributed by atoms with Gasteiger partial charge in [-0.05, 0) is 24.0 Å². The molecule has 1 aromatic carbocycles. The fourth-order valence-electron chi connectivity index (χ4n) is 2.11. The quantitative estimate of drug-likeness (QED) is 0.751. The molecule has 2 atom stereocenters. The minimum atomic E-state index is -0.969. The van der Waals surface area contributed by atoms with Crippen LogP contribution in [0.1, 0.15) is 30.5 Å². The number of carbonyl (C=O) groups is 1. The van der Waals surface area contributed by atoms with Gasteiger partial charge in [0.15, 0.2) is 0 Å². The fourth-order valence-corrected chi connectivity index (χ4v) is 2.11. The van der Waals surface area contributed by atoms with Crippen molar-refractivity contribution in [2.24, 2.45) is 0 Å². The zero-order chi connectivity index (χ0) is 10.8. The third-order valence-corrected chi connectivity index (χ3v) is 2.80. The minimum absolute atomic E-state index is 0.181. The van der Waals surface area contributed by atoms with E-state index in [-0.39, 0.29) is 5.91 Å². The number of aryl methyl sites for hydroxylation is 1. The van der Waals surface area contributed by atoms with Gasteiger partial charge in [0, 0.05) is 6.92 Å². The molecule has 0 heterocycles. The third-order valence-electron chi connectivity index (χ3n) is 2.80. The number of nitrogens with one attached hydrogen (secondary N) is 1. The van der Waals surface area contributed by atoms with E-state index in [0.717, 1.165) is 17.5 Å². The molecule has 2 nitrogen and oxygen atoms in total. The van der Waals surface area contributed by atoms with Crippen LogP contribution in [0.5, 0.6) is 0 Å². The average molecular weight is 207 g/mol. The first-order chi connectivity index (χ1) is 7.18. The summed E-state index contributed by atoms with van der Waals surface area (Å²) < 4.78 is 13.7. The maximum Gasteiger partial charge on any atom is 0.217 e. The number of carbonyl (C=O) groups excluding carboxylic acids is 1. The molecule has 0 saturated carbocycles. The second-order valence-electron chi connectivity index (χ2n) is 3.93. The van der Waals surface area contributed by atoms with E-state index < -0.39 is 12.2 Å². The molecule has 2 rings (SSSR count). The van der Waals surface area contributed by atoms with Crippen molar-refractivity contribution in [1.29, 1.82) is 0 Å². The largest absolute Gasteiger partial charge is 0.347 e. The summed E-state index contributed by atoms with van der Waals surface area (Å²) in [5.74, 6) is -0.181. The van der Waals surface area contributed by atoms with Gasteiger partial charge in [-0.3, -0.25) is 4.79 Å². The second-order valence-corrected chi connectivity index (χ2v) is 3.93. The Hall–Kier alpha value is -1.38. The van der Waals surface area contributed by atoms with Gasteiger partial charge in [-0.1, -0.05) is 24.3 Å². The number of rotatable bonds is 1. The molecule has 0 spiro atoms. The van der Waals surface area contributed by atoms with E-state index in [1.54, 1.807) is 0 Å². The van der Waals surface area contributed by atoms with Crippen LogP contribution in [-0.4, -0.2) is 12.1 Å². The van der Waals surface area contributed by atoms with Crippen LogP contribution in [0.15, 0.2) is 24.3 Å². The van der Waals surface area contributed by atoms with Gasteiger partial charge < -0.3 is 5.32 Å². The zero-order valence-electron chi connectivity index (χ0n) is 8.66. The van der Waals surface area contributed by atoms with E-state index in [9.17, 15) is 9.18 Å². The SMILES string of the molecule is CC(=O)NC1c2ccccc2CCC1F. The molecule has 0 fully saturated rings. The summed E-state index contributed by atoms with van der Waals surface area (Å²) in [6, 6.07) is 7.25. The summed E-state index contributed by atoms with van der Waals surface area (Å²) in [6.45, 7) is 1.42. The van der Waals surface area contributed by atoms with E-state index >= 15 is 0 Å². The Kier molecular flexibility index (Phi) is 2.71. The lowest BCUT2D eigenvalue weighted by Gasteiger charge is -2.29. The molecular formula is C12H14FNO. The Labute approximate surface area is 88.5 Å². The van der Waals surface area contributed by atoms with Crippen molar-refractivity contribution in [2.45, 2.75) is 32.0 Å². The molecule has 1 N–H and O–H groups in total. The van der Waals surface area contributed by atoms with Crippen molar-refractivity contribution >= 4 is 5.91 Å². The van der Waals surface area contributed by atoms with Crippen molar-refractivity contribution < 1.29 is 9.18 Å². The lowest BCUT2D eigenvalue weighted by molar-refractivity contribution is -0.120. The summed E-state index contributed by atoms with van der Waals surface area (Å²) in [6.07, 6.45) is 0.277. The predicted octanol–water partition coefficient (Wildman–Crippen LogP) is 2.15. The maximum atomic E-state index is 13.7. The Morgan fingerprint density at radius 2 is 2.20 bits per heavy atom. The molecule has 0 saturated heterocycles. The number of amides is 1. The highest BCUT2D eigenvalue weighted by Crippen LogP contribution is 2.31. The first kappa shape index (κ1) is 10.1. The lowest BCUT2D eigenvalue weighted by Crippen LogP contribution is -2.36. The van der Waals surface area contributed by atoms with Crippen molar-refractivity contribution in [3.05, 3.63) is 35.4 Å². The number of alkyl halides is 1.